The number of carbonyl (C=O) groups excluding carboxylic acids is 1. The zero-order chi connectivity index (χ0) is 21.6. The maximum atomic E-state index is 13.5. The molecular weight excluding hydrogens is 397 g/mol. The second kappa shape index (κ2) is 8.41. The summed E-state index contributed by atoms with van der Waals surface area (Å²) in [5.41, 5.74) is 11.3. The molecule has 0 aromatic heterocycles. The highest BCUT2D eigenvalue weighted by Crippen LogP contribution is 2.42. The molecule has 10 nitrogen and oxygen atoms in total. The monoisotopic (exact) mass is 431 g/mol. The fourth-order valence-corrected chi connectivity index (χ4v) is 6.44. The third-order valence-electron chi connectivity index (χ3n) is 6.21. The van der Waals surface area contributed by atoms with Gasteiger partial charge in [0.2, 0.25) is 5.91 Å². The Balaban J connectivity index is 1.66. The summed E-state index contributed by atoms with van der Waals surface area (Å²) in [5, 5.41) is 20.9. The van der Waals surface area contributed by atoms with E-state index in [4.69, 9.17) is 21.5 Å². The van der Waals surface area contributed by atoms with Crippen LogP contribution in [0.25, 0.3) is 0 Å². The number of carbonyl (C=O) groups is 1. The molecule has 3 rings (SSSR count). The molecule has 7 N–H and O–H groups in total. The molecule has 0 spiro atoms. The predicted octanol–water partition coefficient (Wildman–Crippen LogP) is -1.80. The van der Waals surface area contributed by atoms with Crippen molar-refractivity contribution >= 4 is 23.2 Å². The van der Waals surface area contributed by atoms with Crippen LogP contribution in [0.5, 0.6) is 0 Å². The molecule has 2 aliphatic carbocycles. The van der Waals surface area contributed by atoms with E-state index in [-0.39, 0.29) is 42.8 Å². The smallest absolute Gasteiger partial charge is 0.427 e. The number of nitrogens with one attached hydrogen (secondary N) is 1. The lowest BCUT2D eigenvalue weighted by Crippen LogP contribution is -2.50. The maximum absolute atomic E-state index is 13.5. The Hall–Kier alpha value is -0.755. The molecular formula is C17H34BN5O5S. The van der Waals surface area contributed by atoms with Crippen LogP contribution < -0.4 is 16.8 Å². The average Bonchev–Trinajstić information content (AvgIpc) is 3.51. The van der Waals surface area contributed by atoms with Gasteiger partial charge in [-0.1, -0.05) is 6.42 Å². The SMILES string of the molecule is C[C@H](N)C(=O)N[C@H]1CC1N(C1CC1)S(=O)(=O)N1C[C@H](CCCB(O)O)[C@@](C)(N)C1. The fraction of sp³-hybridized carbons (Fsp3) is 0.941. The Morgan fingerprint density at radius 2 is 2.07 bits per heavy atom. The van der Waals surface area contributed by atoms with Crippen LogP contribution in [-0.4, -0.2) is 82.9 Å². The summed E-state index contributed by atoms with van der Waals surface area (Å²) in [5.74, 6) is -0.322. The third-order valence-corrected chi connectivity index (χ3v) is 8.25. The molecule has 2 saturated carbocycles. The summed E-state index contributed by atoms with van der Waals surface area (Å²) >= 11 is 0. The second-order valence-corrected chi connectivity index (χ2v) is 11.0. The highest BCUT2D eigenvalue weighted by Gasteiger charge is 2.56. The van der Waals surface area contributed by atoms with Crippen molar-refractivity contribution in [2.75, 3.05) is 13.1 Å². The van der Waals surface area contributed by atoms with Crippen LogP contribution in [0.4, 0.5) is 0 Å². The number of amides is 1. The number of nitrogens with two attached hydrogens (primary N) is 2. The van der Waals surface area contributed by atoms with Crippen LogP contribution in [0.2, 0.25) is 6.32 Å². The van der Waals surface area contributed by atoms with Gasteiger partial charge in [-0.2, -0.15) is 17.0 Å². The van der Waals surface area contributed by atoms with Gasteiger partial charge in [-0.3, -0.25) is 4.79 Å². The van der Waals surface area contributed by atoms with Crippen molar-refractivity contribution in [2.24, 2.45) is 17.4 Å². The van der Waals surface area contributed by atoms with Crippen LogP contribution in [0.3, 0.4) is 0 Å². The van der Waals surface area contributed by atoms with Gasteiger partial charge in [-0.05, 0) is 51.8 Å². The summed E-state index contributed by atoms with van der Waals surface area (Å²) in [4.78, 5) is 11.9. The number of rotatable bonds is 10. The minimum absolute atomic E-state index is 0.0187. The molecule has 1 unspecified atom stereocenters. The van der Waals surface area contributed by atoms with E-state index < -0.39 is 28.9 Å². The van der Waals surface area contributed by atoms with E-state index in [9.17, 15) is 13.2 Å². The van der Waals surface area contributed by atoms with Crippen molar-refractivity contribution in [1.29, 1.82) is 0 Å². The second-order valence-electron chi connectivity index (χ2n) is 9.18. The Kier molecular flexibility index (Phi) is 6.64. The number of nitrogens with zero attached hydrogens (tertiary/aromatic N) is 2. The molecule has 1 saturated heterocycles. The first-order chi connectivity index (χ1) is 13.4. The van der Waals surface area contributed by atoms with E-state index >= 15 is 0 Å². The summed E-state index contributed by atoms with van der Waals surface area (Å²) in [6.45, 7) is 4.01. The molecule has 0 radical (unpaired) electrons. The average molecular weight is 431 g/mol. The molecule has 3 fully saturated rings. The van der Waals surface area contributed by atoms with E-state index in [0.29, 0.717) is 25.8 Å². The van der Waals surface area contributed by atoms with Crippen LogP contribution in [0, 0.1) is 5.92 Å². The van der Waals surface area contributed by atoms with Crippen molar-refractivity contribution in [1.82, 2.24) is 13.9 Å². The standard InChI is InChI=1S/C17H34BN5O5S/c1-11(19)16(24)21-14-8-15(14)23(13-5-6-13)29(27,28)22-9-12(17(2,20)10-22)4-3-7-18(25)26/h11-15,25-26H,3-10,19-20H2,1-2H3,(H,21,24)/t11-,12-,14-,15?,17-/m0/s1. The predicted molar refractivity (Wildman–Crippen MR) is 110 cm³/mol. The van der Waals surface area contributed by atoms with E-state index in [1.54, 1.807) is 11.2 Å². The molecule has 5 atom stereocenters. The molecule has 0 aromatic rings. The van der Waals surface area contributed by atoms with Gasteiger partial charge >= 0.3 is 7.12 Å². The van der Waals surface area contributed by atoms with Gasteiger partial charge in [-0.15, -0.1) is 0 Å². The first kappa shape index (κ1) is 22.9. The van der Waals surface area contributed by atoms with Gasteiger partial charge in [0.25, 0.3) is 10.2 Å². The molecule has 29 heavy (non-hydrogen) atoms. The molecule has 12 heteroatoms. The van der Waals surface area contributed by atoms with E-state index in [1.807, 2.05) is 6.92 Å². The first-order valence-electron chi connectivity index (χ1n) is 10.4. The minimum atomic E-state index is -3.70. The molecule has 1 amide bonds. The lowest BCUT2D eigenvalue weighted by molar-refractivity contribution is -0.122. The lowest BCUT2D eigenvalue weighted by atomic mass is 9.79. The van der Waals surface area contributed by atoms with Crippen LogP contribution in [0.15, 0.2) is 0 Å². The third kappa shape index (κ3) is 5.30. The summed E-state index contributed by atoms with van der Waals surface area (Å²) in [6.07, 6.45) is 3.71. The zero-order valence-corrected chi connectivity index (χ0v) is 18.0. The fourth-order valence-electron chi connectivity index (χ4n) is 4.20. The molecule has 1 heterocycles. The minimum Gasteiger partial charge on any atom is -0.427 e. The van der Waals surface area contributed by atoms with Crippen LogP contribution >= 0.6 is 0 Å². The Morgan fingerprint density at radius 1 is 1.41 bits per heavy atom. The Morgan fingerprint density at radius 3 is 2.62 bits per heavy atom. The zero-order valence-electron chi connectivity index (χ0n) is 17.2. The van der Waals surface area contributed by atoms with Crippen LogP contribution in [-0.2, 0) is 15.0 Å². The highest BCUT2D eigenvalue weighted by molar-refractivity contribution is 7.86. The molecule has 0 bridgehead atoms. The van der Waals surface area contributed by atoms with Gasteiger partial charge in [0.1, 0.15) is 0 Å². The molecule has 0 aromatic carbocycles. The van der Waals surface area contributed by atoms with Gasteiger partial charge in [0.15, 0.2) is 0 Å². The van der Waals surface area contributed by atoms with Crippen molar-refractivity contribution in [2.45, 2.75) is 82.0 Å². The highest BCUT2D eigenvalue weighted by atomic mass is 32.2. The van der Waals surface area contributed by atoms with Gasteiger partial charge in [-0.25, -0.2) is 0 Å². The summed E-state index contributed by atoms with van der Waals surface area (Å²) in [7, 11) is -5.06. The van der Waals surface area contributed by atoms with Gasteiger partial charge < -0.3 is 26.8 Å². The van der Waals surface area contributed by atoms with Gasteiger partial charge in [0.05, 0.1) is 6.04 Å². The van der Waals surface area contributed by atoms with E-state index in [0.717, 1.165) is 12.8 Å². The number of hydrogen-bond acceptors (Lipinski definition) is 7. The summed E-state index contributed by atoms with van der Waals surface area (Å²) < 4.78 is 30.0. The van der Waals surface area contributed by atoms with Crippen molar-refractivity contribution in [3.05, 3.63) is 0 Å². The number of hydrogen-bond donors (Lipinski definition) is 5. The van der Waals surface area contributed by atoms with Crippen LogP contribution in [0.1, 0.15) is 46.0 Å². The quantitative estimate of drug-likeness (QED) is 0.255. The van der Waals surface area contributed by atoms with Crippen molar-refractivity contribution < 1.29 is 23.3 Å². The van der Waals surface area contributed by atoms with Crippen molar-refractivity contribution in [3.63, 3.8) is 0 Å². The molecule has 1 aliphatic heterocycles. The molecule has 3 aliphatic rings. The lowest BCUT2D eigenvalue weighted by Gasteiger charge is -2.28. The Bertz CT molecular complexity index is 715. The van der Waals surface area contributed by atoms with Crippen molar-refractivity contribution in [3.8, 4) is 0 Å². The first-order valence-corrected chi connectivity index (χ1v) is 11.8. The van der Waals surface area contributed by atoms with E-state index in [2.05, 4.69) is 5.32 Å². The molecule has 166 valence electrons. The largest absolute Gasteiger partial charge is 0.451 e. The normalized spacial score (nSPS) is 33.7. The van der Waals surface area contributed by atoms with E-state index in [1.165, 1.54) is 4.31 Å². The van der Waals surface area contributed by atoms with Gasteiger partial charge in [0, 0.05) is 36.8 Å². The summed E-state index contributed by atoms with van der Waals surface area (Å²) in [6, 6.07) is -1.08. The topological polar surface area (TPSA) is 162 Å². The maximum Gasteiger partial charge on any atom is 0.451 e. The Labute approximate surface area is 173 Å².